The first-order valence-corrected chi connectivity index (χ1v) is 6.17. The van der Waals surface area contributed by atoms with Gasteiger partial charge in [0.2, 0.25) is 11.8 Å². The zero-order chi connectivity index (χ0) is 14.1. The van der Waals surface area contributed by atoms with E-state index in [1.54, 1.807) is 37.3 Å². The molecule has 0 aromatic heterocycles. The van der Waals surface area contributed by atoms with Crippen molar-refractivity contribution in [2.45, 2.75) is 13.3 Å². The summed E-state index contributed by atoms with van der Waals surface area (Å²) in [4.78, 5) is 22.7. The van der Waals surface area contributed by atoms with Gasteiger partial charge in [0.25, 0.3) is 0 Å². The Balaban J connectivity index is 2.45. The lowest BCUT2D eigenvalue weighted by atomic mass is 10.2. The van der Waals surface area contributed by atoms with E-state index >= 15 is 0 Å². The van der Waals surface area contributed by atoms with Gasteiger partial charge in [-0.05, 0) is 24.3 Å². The van der Waals surface area contributed by atoms with E-state index in [1.165, 1.54) is 0 Å². The number of carbonyl (C=O) groups is 2. The zero-order valence-corrected chi connectivity index (χ0v) is 11.0. The lowest BCUT2D eigenvalue weighted by Crippen LogP contribution is -2.28. The molecule has 2 amide bonds. The Kier molecular flexibility index (Phi) is 6.32. The monoisotopic (exact) mass is 261 g/mol. The second-order valence-electron chi connectivity index (χ2n) is 3.95. The molecule has 102 valence electrons. The van der Waals surface area contributed by atoms with Gasteiger partial charge >= 0.3 is 0 Å². The summed E-state index contributed by atoms with van der Waals surface area (Å²) in [5.74, 6) is -0.155. The molecule has 0 aliphatic heterocycles. The predicted octanol–water partition coefficient (Wildman–Crippen LogP) is 1.75. The van der Waals surface area contributed by atoms with Crippen LogP contribution in [0, 0.1) is 0 Å². The van der Waals surface area contributed by atoms with Crippen LogP contribution in [0.4, 0.5) is 11.4 Å². The lowest BCUT2D eigenvalue weighted by molar-refractivity contribution is -0.116. The average Bonchev–Trinajstić information content (AvgIpc) is 2.41. The van der Waals surface area contributed by atoms with E-state index in [1.807, 2.05) is 0 Å². The van der Waals surface area contributed by atoms with Gasteiger partial charge in [-0.25, -0.2) is 0 Å². The van der Waals surface area contributed by atoms with Gasteiger partial charge in [0.1, 0.15) is 0 Å². The van der Waals surface area contributed by atoms with Crippen LogP contribution in [0.3, 0.4) is 0 Å². The van der Waals surface area contributed by atoms with E-state index in [4.69, 9.17) is 0 Å². The fourth-order valence-electron chi connectivity index (χ4n) is 1.38. The Morgan fingerprint density at radius 2 is 1.63 bits per heavy atom. The van der Waals surface area contributed by atoms with Crippen molar-refractivity contribution >= 4 is 23.2 Å². The number of anilines is 2. The normalized spacial score (nSPS) is 9.74. The van der Waals surface area contributed by atoms with Crippen LogP contribution >= 0.6 is 0 Å². The molecular weight excluding hydrogens is 242 g/mol. The third-order valence-electron chi connectivity index (χ3n) is 2.35. The Morgan fingerprint density at radius 1 is 1.11 bits per heavy atom. The maximum atomic E-state index is 11.5. The minimum Gasteiger partial charge on any atom is -0.326 e. The van der Waals surface area contributed by atoms with Crippen molar-refractivity contribution in [1.82, 2.24) is 5.32 Å². The van der Waals surface area contributed by atoms with Gasteiger partial charge in [0, 0.05) is 24.3 Å². The van der Waals surface area contributed by atoms with Crippen LogP contribution in [-0.2, 0) is 9.59 Å². The van der Waals surface area contributed by atoms with Gasteiger partial charge in [-0.3, -0.25) is 9.59 Å². The number of benzene rings is 1. The molecule has 0 radical (unpaired) electrons. The molecule has 5 heteroatoms. The first-order valence-electron chi connectivity index (χ1n) is 6.17. The van der Waals surface area contributed by atoms with Crippen molar-refractivity contribution in [3.63, 3.8) is 0 Å². The van der Waals surface area contributed by atoms with Gasteiger partial charge in [-0.15, -0.1) is 6.58 Å². The molecule has 0 aliphatic rings. The van der Waals surface area contributed by atoms with E-state index in [-0.39, 0.29) is 18.4 Å². The van der Waals surface area contributed by atoms with Crippen LogP contribution in [0.5, 0.6) is 0 Å². The van der Waals surface area contributed by atoms with Crippen LogP contribution in [0.25, 0.3) is 0 Å². The predicted molar refractivity (Wildman–Crippen MR) is 77.1 cm³/mol. The minimum absolute atomic E-state index is 0.0367. The second kappa shape index (κ2) is 8.05. The van der Waals surface area contributed by atoms with Gasteiger partial charge in [0.15, 0.2) is 0 Å². The largest absolute Gasteiger partial charge is 0.326 e. The molecule has 0 aliphatic carbocycles. The topological polar surface area (TPSA) is 70.2 Å². The van der Waals surface area contributed by atoms with E-state index in [0.717, 1.165) is 5.69 Å². The van der Waals surface area contributed by atoms with E-state index in [9.17, 15) is 9.59 Å². The average molecular weight is 261 g/mol. The smallest absolute Gasteiger partial charge is 0.238 e. The highest BCUT2D eigenvalue weighted by Gasteiger charge is 2.02. The maximum Gasteiger partial charge on any atom is 0.238 e. The molecule has 1 aromatic carbocycles. The second-order valence-corrected chi connectivity index (χ2v) is 3.95. The number of hydrogen-bond donors (Lipinski definition) is 3. The Hall–Kier alpha value is -2.14. The molecule has 5 nitrogen and oxygen atoms in total. The summed E-state index contributed by atoms with van der Waals surface area (Å²) in [5.41, 5.74) is 1.41. The SMILES string of the molecule is C=CCNCC(=O)Nc1ccc(NC(=O)CC)cc1. The number of rotatable bonds is 7. The molecule has 1 aromatic rings. The number of carbonyl (C=O) groups excluding carboxylic acids is 2. The molecule has 0 spiro atoms. The fraction of sp³-hybridized carbons (Fsp3) is 0.286. The standard InChI is InChI=1S/C14H19N3O2/c1-3-9-15-10-14(19)17-12-7-5-11(6-8-12)16-13(18)4-2/h3,5-8,15H,1,4,9-10H2,2H3,(H,16,18)(H,17,19). The summed E-state index contributed by atoms with van der Waals surface area (Å²) >= 11 is 0. The highest BCUT2D eigenvalue weighted by Crippen LogP contribution is 2.13. The first kappa shape index (κ1) is 14.9. The van der Waals surface area contributed by atoms with Crippen LogP contribution in [0.1, 0.15) is 13.3 Å². The Morgan fingerprint density at radius 3 is 2.11 bits per heavy atom. The Labute approximate surface area is 113 Å². The summed E-state index contributed by atoms with van der Waals surface area (Å²) < 4.78 is 0. The summed E-state index contributed by atoms with van der Waals surface area (Å²) in [6.07, 6.45) is 2.13. The summed E-state index contributed by atoms with van der Waals surface area (Å²) in [7, 11) is 0. The zero-order valence-electron chi connectivity index (χ0n) is 11.0. The highest BCUT2D eigenvalue weighted by molar-refractivity contribution is 5.93. The molecule has 0 unspecified atom stereocenters. The van der Waals surface area contributed by atoms with Crippen LogP contribution in [-0.4, -0.2) is 24.9 Å². The Bertz CT molecular complexity index is 441. The van der Waals surface area contributed by atoms with Crippen molar-refractivity contribution in [3.05, 3.63) is 36.9 Å². The van der Waals surface area contributed by atoms with Crippen molar-refractivity contribution in [2.75, 3.05) is 23.7 Å². The highest BCUT2D eigenvalue weighted by atomic mass is 16.2. The number of amides is 2. The molecule has 0 saturated heterocycles. The third-order valence-corrected chi connectivity index (χ3v) is 2.35. The van der Waals surface area contributed by atoms with Crippen molar-refractivity contribution in [3.8, 4) is 0 Å². The van der Waals surface area contributed by atoms with E-state index < -0.39 is 0 Å². The summed E-state index contributed by atoms with van der Waals surface area (Å²) in [5, 5.41) is 8.40. The minimum atomic E-state index is -0.118. The van der Waals surface area contributed by atoms with Crippen molar-refractivity contribution < 1.29 is 9.59 Å². The fourth-order valence-corrected chi connectivity index (χ4v) is 1.38. The summed E-state index contributed by atoms with van der Waals surface area (Å²) in [6, 6.07) is 6.99. The molecule has 0 bridgehead atoms. The molecule has 0 saturated carbocycles. The van der Waals surface area contributed by atoms with Crippen LogP contribution in [0.2, 0.25) is 0 Å². The summed E-state index contributed by atoms with van der Waals surface area (Å²) in [6.45, 7) is 6.17. The molecule has 19 heavy (non-hydrogen) atoms. The van der Waals surface area contributed by atoms with Gasteiger partial charge in [0.05, 0.1) is 6.54 Å². The first-order chi connectivity index (χ1) is 9.15. The lowest BCUT2D eigenvalue weighted by Gasteiger charge is -2.07. The van der Waals surface area contributed by atoms with Gasteiger partial charge in [-0.2, -0.15) is 0 Å². The quantitative estimate of drug-likeness (QED) is 0.517. The number of hydrogen-bond acceptors (Lipinski definition) is 3. The van der Waals surface area contributed by atoms with Gasteiger partial charge < -0.3 is 16.0 Å². The molecule has 0 heterocycles. The van der Waals surface area contributed by atoms with E-state index in [0.29, 0.717) is 18.7 Å². The van der Waals surface area contributed by atoms with E-state index in [2.05, 4.69) is 22.5 Å². The molecule has 0 fully saturated rings. The number of nitrogens with one attached hydrogen (secondary N) is 3. The molecule has 0 atom stereocenters. The van der Waals surface area contributed by atoms with Crippen molar-refractivity contribution in [2.24, 2.45) is 0 Å². The van der Waals surface area contributed by atoms with Crippen molar-refractivity contribution in [1.29, 1.82) is 0 Å². The van der Waals surface area contributed by atoms with Gasteiger partial charge in [-0.1, -0.05) is 13.0 Å². The molecule has 3 N–H and O–H groups in total. The molecular formula is C14H19N3O2. The van der Waals surface area contributed by atoms with Crippen LogP contribution in [0.15, 0.2) is 36.9 Å². The third kappa shape index (κ3) is 5.83. The maximum absolute atomic E-state index is 11.5. The van der Waals surface area contributed by atoms with Crippen LogP contribution < -0.4 is 16.0 Å². The molecule has 1 rings (SSSR count).